The van der Waals surface area contributed by atoms with E-state index in [1.54, 1.807) is 6.07 Å². The number of nitrogens with zero attached hydrogens (tertiary/aromatic N) is 3. The Kier molecular flexibility index (Phi) is 4.39. The van der Waals surface area contributed by atoms with Gasteiger partial charge in [-0.1, -0.05) is 5.16 Å². The number of rotatable bonds is 4. The number of piperazine rings is 1. The van der Waals surface area contributed by atoms with Crippen molar-refractivity contribution in [2.45, 2.75) is 6.42 Å². The normalized spacial score (nSPS) is 15.8. The first-order chi connectivity index (χ1) is 10.7. The zero-order chi connectivity index (χ0) is 15.4. The Balaban J connectivity index is 1.56. The molecule has 0 atom stereocenters. The molecule has 1 amide bonds. The van der Waals surface area contributed by atoms with Gasteiger partial charge in [-0.2, -0.15) is 0 Å². The average molecular weight is 300 g/mol. The molecule has 1 aromatic carbocycles. The van der Waals surface area contributed by atoms with Gasteiger partial charge in [-0.05, 0) is 31.3 Å². The molecule has 1 aliphatic rings. The molecule has 116 valence electrons. The second kappa shape index (κ2) is 6.62. The molecule has 3 rings (SSSR count). The Morgan fingerprint density at radius 3 is 2.55 bits per heavy atom. The molecule has 6 nitrogen and oxygen atoms in total. The van der Waals surface area contributed by atoms with E-state index >= 15 is 0 Å². The smallest absolute Gasteiger partial charge is 0.230 e. The number of likely N-dealkylation sites (N-methyl/N-ethyl adjacent to an activating group) is 1. The third-order valence-corrected chi connectivity index (χ3v) is 3.85. The highest BCUT2D eigenvalue weighted by Crippen LogP contribution is 2.19. The van der Waals surface area contributed by atoms with Crippen molar-refractivity contribution >= 4 is 17.3 Å². The predicted octanol–water partition coefficient (Wildman–Crippen LogP) is 1.61. The number of carbonyl (C=O) groups is 1. The standard InChI is InChI=1S/C16H20N4O2/c1-19-7-9-20(10-8-19)15-4-2-13(3-5-15)17-16(21)12-14-6-11-22-18-14/h2-6,11H,7-10,12H2,1H3,(H,17,21). The first-order valence-corrected chi connectivity index (χ1v) is 7.43. The van der Waals surface area contributed by atoms with Crippen LogP contribution in [0.1, 0.15) is 5.69 Å². The lowest BCUT2D eigenvalue weighted by atomic mass is 10.2. The molecule has 1 aliphatic heterocycles. The maximum absolute atomic E-state index is 11.9. The van der Waals surface area contributed by atoms with Gasteiger partial charge in [0.1, 0.15) is 6.26 Å². The number of anilines is 2. The lowest BCUT2D eigenvalue weighted by Gasteiger charge is -2.34. The number of carbonyl (C=O) groups excluding carboxylic acids is 1. The van der Waals surface area contributed by atoms with Crippen molar-refractivity contribution in [3.8, 4) is 0 Å². The van der Waals surface area contributed by atoms with E-state index in [-0.39, 0.29) is 12.3 Å². The largest absolute Gasteiger partial charge is 0.369 e. The van der Waals surface area contributed by atoms with Gasteiger partial charge in [0, 0.05) is 43.6 Å². The van der Waals surface area contributed by atoms with E-state index < -0.39 is 0 Å². The van der Waals surface area contributed by atoms with E-state index in [1.807, 2.05) is 12.1 Å². The molecular formula is C16H20N4O2. The van der Waals surface area contributed by atoms with Gasteiger partial charge in [-0.15, -0.1) is 0 Å². The van der Waals surface area contributed by atoms with Gasteiger partial charge in [-0.3, -0.25) is 4.79 Å². The molecular weight excluding hydrogens is 280 g/mol. The van der Waals surface area contributed by atoms with E-state index in [0.717, 1.165) is 31.9 Å². The third kappa shape index (κ3) is 3.65. The number of hydrogen-bond acceptors (Lipinski definition) is 5. The SMILES string of the molecule is CN1CCN(c2ccc(NC(=O)Cc3ccon3)cc2)CC1. The molecule has 0 unspecified atom stereocenters. The van der Waals surface area contributed by atoms with Crippen LogP contribution < -0.4 is 10.2 Å². The van der Waals surface area contributed by atoms with Crippen LogP contribution in [0.15, 0.2) is 41.1 Å². The minimum Gasteiger partial charge on any atom is -0.369 e. The van der Waals surface area contributed by atoms with Crippen LogP contribution in [-0.4, -0.2) is 49.2 Å². The maximum Gasteiger partial charge on any atom is 0.230 e. The van der Waals surface area contributed by atoms with Crippen molar-refractivity contribution in [2.24, 2.45) is 0 Å². The monoisotopic (exact) mass is 300 g/mol. The predicted molar refractivity (Wildman–Crippen MR) is 85.0 cm³/mol. The lowest BCUT2D eigenvalue weighted by molar-refractivity contribution is -0.115. The molecule has 0 bridgehead atoms. The molecule has 0 saturated carbocycles. The molecule has 22 heavy (non-hydrogen) atoms. The Bertz CT molecular complexity index is 602. The van der Waals surface area contributed by atoms with Crippen molar-refractivity contribution in [3.63, 3.8) is 0 Å². The zero-order valence-corrected chi connectivity index (χ0v) is 12.7. The van der Waals surface area contributed by atoms with Crippen LogP contribution >= 0.6 is 0 Å². The lowest BCUT2D eigenvalue weighted by Crippen LogP contribution is -2.44. The number of nitrogens with one attached hydrogen (secondary N) is 1. The molecule has 1 N–H and O–H groups in total. The molecule has 0 radical (unpaired) electrons. The van der Waals surface area contributed by atoms with Gasteiger partial charge in [-0.25, -0.2) is 0 Å². The number of amides is 1. The van der Waals surface area contributed by atoms with E-state index in [4.69, 9.17) is 4.52 Å². The summed E-state index contributed by atoms with van der Waals surface area (Å²) in [6, 6.07) is 9.67. The topological polar surface area (TPSA) is 61.6 Å². The number of hydrogen-bond donors (Lipinski definition) is 1. The summed E-state index contributed by atoms with van der Waals surface area (Å²) in [4.78, 5) is 16.6. The maximum atomic E-state index is 11.9. The fourth-order valence-electron chi connectivity index (χ4n) is 2.52. The summed E-state index contributed by atoms with van der Waals surface area (Å²) in [7, 11) is 2.14. The highest BCUT2D eigenvalue weighted by Gasteiger charge is 2.14. The van der Waals surface area contributed by atoms with Crippen LogP contribution in [-0.2, 0) is 11.2 Å². The van der Waals surface area contributed by atoms with Gasteiger partial charge in [0.25, 0.3) is 0 Å². The average Bonchev–Trinajstić information content (AvgIpc) is 3.02. The molecule has 2 heterocycles. The van der Waals surface area contributed by atoms with Gasteiger partial charge < -0.3 is 19.6 Å². The van der Waals surface area contributed by atoms with Crippen LogP contribution in [0.4, 0.5) is 11.4 Å². The first kappa shape index (κ1) is 14.6. The van der Waals surface area contributed by atoms with Crippen LogP contribution in [0.2, 0.25) is 0 Å². The van der Waals surface area contributed by atoms with Crippen molar-refractivity contribution in [1.29, 1.82) is 0 Å². The summed E-state index contributed by atoms with van der Waals surface area (Å²) in [5.41, 5.74) is 2.63. The minimum absolute atomic E-state index is 0.0961. The summed E-state index contributed by atoms with van der Waals surface area (Å²) < 4.78 is 4.72. The zero-order valence-electron chi connectivity index (χ0n) is 12.7. The minimum atomic E-state index is -0.0961. The van der Waals surface area contributed by atoms with Crippen molar-refractivity contribution in [1.82, 2.24) is 10.1 Å². The van der Waals surface area contributed by atoms with Gasteiger partial charge in [0.15, 0.2) is 0 Å². The molecule has 2 aromatic rings. The molecule has 0 aliphatic carbocycles. The quantitative estimate of drug-likeness (QED) is 0.929. The van der Waals surface area contributed by atoms with Crippen LogP contribution in [0.5, 0.6) is 0 Å². The van der Waals surface area contributed by atoms with E-state index in [1.165, 1.54) is 12.0 Å². The Hall–Kier alpha value is -2.34. The molecule has 1 aromatic heterocycles. The Morgan fingerprint density at radius 1 is 1.18 bits per heavy atom. The first-order valence-electron chi connectivity index (χ1n) is 7.43. The van der Waals surface area contributed by atoms with Crippen LogP contribution in [0.3, 0.4) is 0 Å². The molecule has 1 saturated heterocycles. The van der Waals surface area contributed by atoms with Crippen LogP contribution in [0, 0.1) is 0 Å². The molecule has 1 fully saturated rings. The fourth-order valence-corrected chi connectivity index (χ4v) is 2.52. The van der Waals surface area contributed by atoms with Crippen molar-refractivity contribution < 1.29 is 9.32 Å². The van der Waals surface area contributed by atoms with E-state index in [0.29, 0.717) is 5.69 Å². The van der Waals surface area contributed by atoms with Crippen molar-refractivity contribution in [2.75, 3.05) is 43.4 Å². The van der Waals surface area contributed by atoms with Crippen LogP contribution in [0.25, 0.3) is 0 Å². The third-order valence-electron chi connectivity index (χ3n) is 3.85. The second-order valence-corrected chi connectivity index (χ2v) is 5.55. The summed E-state index contributed by atoms with van der Waals surface area (Å²) in [5.74, 6) is -0.0961. The van der Waals surface area contributed by atoms with E-state index in [2.05, 4.69) is 39.5 Å². The Labute approximate surface area is 129 Å². The van der Waals surface area contributed by atoms with Gasteiger partial charge >= 0.3 is 0 Å². The van der Waals surface area contributed by atoms with Crippen molar-refractivity contribution in [3.05, 3.63) is 42.3 Å². The highest BCUT2D eigenvalue weighted by atomic mass is 16.5. The number of aromatic nitrogens is 1. The number of benzene rings is 1. The molecule has 6 heteroatoms. The Morgan fingerprint density at radius 2 is 1.91 bits per heavy atom. The van der Waals surface area contributed by atoms with Gasteiger partial charge in [0.05, 0.1) is 12.1 Å². The highest BCUT2D eigenvalue weighted by molar-refractivity contribution is 5.92. The summed E-state index contributed by atoms with van der Waals surface area (Å²) in [6.07, 6.45) is 1.68. The van der Waals surface area contributed by atoms with E-state index in [9.17, 15) is 4.79 Å². The summed E-state index contributed by atoms with van der Waals surface area (Å²) in [6.45, 7) is 4.23. The summed E-state index contributed by atoms with van der Waals surface area (Å²) >= 11 is 0. The molecule has 0 spiro atoms. The van der Waals surface area contributed by atoms with Gasteiger partial charge in [0.2, 0.25) is 5.91 Å². The fraction of sp³-hybridized carbons (Fsp3) is 0.375. The summed E-state index contributed by atoms with van der Waals surface area (Å²) in [5, 5.41) is 6.60. The second-order valence-electron chi connectivity index (χ2n) is 5.55.